The van der Waals surface area contributed by atoms with Crippen molar-refractivity contribution in [2.75, 3.05) is 47.0 Å². The van der Waals surface area contributed by atoms with Crippen LogP contribution >= 0.6 is 0 Å². The van der Waals surface area contributed by atoms with Gasteiger partial charge in [-0.3, -0.25) is 4.79 Å². The summed E-state index contributed by atoms with van der Waals surface area (Å²) in [6, 6.07) is 6.92. The first kappa shape index (κ1) is 29.3. The van der Waals surface area contributed by atoms with E-state index >= 15 is 0 Å². The van der Waals surface area contributed by atoms with E-state index in [-0.39, 0.29) is 55.0 Å². The van der Waals surface area contributed by atoms with Gasteiger partial charge in [0.25, 0.3) is 0 Å². The predicted octanol–water partition coefficient (Wildman–Crippen LogP) is 2.89. The highest BCUT2D eigenvalue weighted by molar-refractivity contribution is 5.79. The number of nitrogens with zero attached hydrogens (tertiary/aromatic N) is 2. The lowest BCUT2D eigenvalue weighted by atomic mass is 9.91. The van der Waals surface area contributed by atoms with Crippen LogP contribution in [0.4, 0.5) is 4.79 Å². The third kappa shape index (κ3) is 8.30. The molecule has 2 unspecified atom stereocenters. The summed E-state index contributed by atoms with van der Waals surface area (Å²) < 4.78 is 22.1. The van der Waals surface area contributed by atoms with Crippen molar-refractivity contribution in [1.82, 2.24) is 4.90 Å². The highest BCUT2D eigenvalue weighted by Crippen LogP contribution is 2.39. The number of likely N-dealkylation sites (N-methyl/N-ethyl adjacent to an activating group) is 1. The van der Waals surface area contributed by atoms with E-state index in [0.717, 1.165) is 5.56 Å². The first-order valence-electron chi connectivity index (χ1n) is 12.2. The molecule has 3 atom stereocenters. The monoisotopic (exact) mass is 507 g/mol. The second kappa shape index (κ2) is 12.8. The van der Waals surface area contributed by atoms with Gasteiger partial charge < -0.3 is 28.6 Å². The van der Waals surface area contributed by atoms with Crippen LogP contribution < -0.4 is 4.74 Å². The molecule has 2 amide bonds. The molecule has 1 saturated heterocycles. The number of piperidine rings is 1. The molecule has 2 rings (SSSR count). The van der Waals surface area contributed by atoms with Crippen LogP contribution in [0.25, 0.3) is 0 Å². The Balaban J connectivity index is 2.20. The molecule has 1 heterocycles. The average molecular weight is 508 g/mol. The van der Waals surface area contributed by atoms with Gasteiger partial charge in [0.15, 0.2) is 6.61 Å². The highest BCUT2D eigenvalue weighted by atomic mass is 16.6. The lowest BCUT2D eigenvalue weighted by Crippen LogP contribution is -2.58. The molecule has 0 aliphatic carbocycles. The number of carbonyl (C=O) groups excluding carboxylic acids is 4. The summed E-state index contributed by atoms with van der Waals surface area (Å²) in [5, 5.41) is 0. The number of quaternary nitrogens is 1. The van der Waals surface area contributed by atoms with Crippen LogP contribution in [0.2, 0.25) is 0 Å². The summed E-state index contributed by atoms with van der Waals surface area (Å²) >= 11 is 0. The zero-order valence-corrected chi connectivity index (χ0v) is 22.2. The third-order valence-corrected chi connectivity index (χ3v) is 6.04. The Bertz CT molecular complexity index is 912. The minimum Gasteiger partial charge on any atom is -0.482 e. The summed E-state index contributed by atoms with van der Waals surface area (Å²) in [6.45, 7) is 7.65. The fraction of sp³-hybridized carbons (Fsp3) is 0.615. The van der Waals surface area contributed by atoms with Crippen molar-refractivity contribution in [1.29, 1.82) is 0 Å². The number of aldehydes is 1. The van der Waals surface area contributed by atoms with Crippen molar-refractivity contribution < 1.29 is 42.6 Å². The molecule has 1 aliphatic rings. The molecule has 10 nitrogen and oxygen atoms in total. The number of hydrogen-bond donors (Lipinski definition) is 0. The number of amides is 2. The molecule has 0 aromatic heterocycles. The van der Waals surface area contributed by atoms with E-state index in [1.807, 2.05) is 40.0 Å². The number of ether oxygens (including phenoxy) is 4. The summed E-state index contributed by atoms with van der Waals surface area (Å²) in [4.78, 5) is 49.1. The molecular weight excluding hydrogens is 468 g/mol. The fourth-order valence-electron chi connectivity index (χ4n) is 4.01. The largest absolute Gasteiger partial charge is 0.516 e. The normalized spacial score (nSPS) is 21.8. The minimum atomic E-state index is -0.642. The van der Waals surface area contributed by atoms with Crippen LogP contribution in [0.3, 0.4) is 0 Å². The van der Waals surface area contributed by atoms with E-state index in [1.54, 1.807) is 26.1 Å². The number of benzene rings is 1. The van der Waals surface area contributed by atoms with Crippen LogP contribution in [0, 0.1) is 0 Å². The van der Waals surface area contributed by atoms with Crippen molar-refractivity contribution in [3.8, 4) is 5.75 Å². The molecule has 1 aromatic carbocycles. The first-order chi connectivity index (χ1) is 16.9. The lowest BCUT2D eigenvalue weighted by molar-refractivity contribution is -0.877. The van der Waals surface area contributed by atoms with Crippen molar-refractivity contribution in [3.63, 3.8) is 0 Å². The summed E-state index contributed by atoms with van der Waals surface area (Å²) in [6.07, 6.45) is 1.13. The Morgan fingerprint density at radius 1 is 1.14 bits per heavy atom. The van der Waals surface area contributed by atoms with Gasteiger partial charge in [-0.15, -0.1) is 0 Å². The summed E-state index contributed by atoms with van der Waals surface area (Å²) in [5.74, 6) is -0.223. The third-order valence-electron chi connectivity index (χ3n) is 6.04. The second-order valence-electron chi connectivity index (χ2n) is 10.0. The van der Waals surface area contributed by atoms with E-state index in [0.29, 0.717) is 31.4 Å². The predicted molar refractivity (Wildman–Crippen MR) is 131 cm³/mol. The standard InChI is InChI=1S/C26H39N2O8/c1-7-33-24(31)18-35-20-10-8-19(9-11-20)22-16-21(34-17-23(30)27(5)13-15-29)12-14-28(22,6)25(32)36-26(2,3)4/h8-11,15,21-22H,7,12-14,16-18H2,1-6H3/q+1/t21?,22?,28-/m0/s1. The maximum atomic E-state index is 13.3. The van der Waals surface area contributed by atoms with Gasteiger partial charge in [0.05, 0.1) is 32.8 Å². The van der Waals surface area contributed by atoms with E-state index in [4.69, 9.17) is 18.9 Å². The van der Waals surface area contributed by atoms with E-state index < -0.39 is 11.6 Å². The maximum Gasteiger partial charge on any atom is 0.516 e. The number of rotatable bonds is 10. The van der Waals surface area contributed by atoms with Crippen molar-refractivity contribution in [2.45, 2.75) is 58.3 Å². The van der Waals surface area contributed by atoms with Gasteiger partial charge in [0.2, 0.25) is 5.91 Å². The van der Waals surface area contributed by atoms with Crippen LogP contribution in [0.1, 0.15) is 52.1 Å². The second-order valence-corrected chi connectivity index (χ2v) is 10.0. The number of likely N-dealkylation sites (tertiary alicyclic amines) is 1. The van der Waals surface area contributed by atoms with Gasteiger partial charge >= 0.3 is 12.1 Å². The smallest absolute Gasteiger partial charge is 0.482 e. The van der Waals surface area contributed by atoms with Gasteiger partial charge in [0, 0.05) is 25.5 Å². The van der Waals surface area contributed by atoms with Crippen LogP contribution in [0.15, 0.2) is 24.3 Å². The molecule has 1 aliphatic heterocycles. The SMILES string of the molecule is CCOC(=O)COc1ccc(C2CC(OCC(=O)N(C)CC=O)CC[N@+]2(C)C(=O)OC(C)(C)C)cc1. The van der Waals surface area contributed by atoms with Gasteiger partial charge in [-0.05, 0) is 52.0 Å². The minimum absolute atomic E-state index is 0.00761. The Morgan fingerprint density at radius 2 is 1.81 bits per heavy atom. The van der Waals surface area contributed by atoms with E-state index in [2.05, 4.69) is 0 Å². The molecule has 1 aromatic rings. The van der Waals surface area contributed by atoms with Gasteiger partial charge in [-0.25, -0.2) is 9.28 Å². The Hall–Kier alpha value is -2.98. The molecule has 1 fully saturated rings. The number of esters is 1. The van der Waals surface area contributed by atoms with Crippen molar-refractivity contribution >= 4 is 24.3 Å². The Morgan fingerprint density at radius 3 is 2.39 bits per heavy atom. The average Bonchev–Trinajstić information content (AvgIpc) is 2.81. The summed E-state index contributed by atoms with van der Waals surface area (Å²) in [7, 11) is 3.40. The van der Waals surface area contributed by atoms with Gasteiger partial charge in [-0.1, -0.05) is 0 Å². The van der Waals surface area contributed by atoms with Crippen LogP contribution in [-0.2, 0) is 28.6 Å². The molecule has 0 spiro atoms. The Labute approximate surface area is 213 Å². The van der Waals surface area contributed by atoms with Gasteiger partial charge in [-0.2, -0.15) is 4.79 Å². The molecular formula is C26H39N2O8+. The number of carbonyl (C=O) groups is 4. The zero-order valence-electron chi connectivity index (χ0n) is 22.2. The van der Waals surface area contributed by atoms with Crippen LogP contribution in [0.5, 0.6) is 5.75 Å². The molecule has 0 saturated carbocycles. The number of hydrogen-bond acceptors (Lipinski definition) is 8. The lowest BCUT2D eigenvalue weighted by Gasteiger charge is -2.44. The summed E-state index contributed by atoms with van der Waals surface area (Å²) in [5.41, 5.74) is 0.237. The van der Waals surface area contributed by atoms with Gasteiger partial charge in [0.1, 0.15) is 30.3 Å². The maximum absolute atomic E-state index is 13.3. The van der Waals surface area contributed by atoms with Crippen molar-refractivity contribution in [2.24, 2.45) is 0 Å². The zero-order chi connectivity index (χ0) is 26.9. The first-order valence-corrected chi connectivity index (χ1v) is 12.2. The topological polar surface area (TPSA) is 108 Å². The molecule has 200 valence electrons. The molecule has 0 bridgehead atoms. The quantitative estimate of drug-likeness (QED) is 0.270. The molecule has 36 heavy (non-hydrogen) atoms. The van der Waals surface area contributed by atoms with Crippen molar-refractivity contribution in [3.05, 3.63) is 29.8 Å². The molecule has 10 heteroatoms. The fourth-order valence-corrected chi connectivity index (χ4v) is 4.01. The molecule has 0 N–H and O–H groups in total. The molecule has 0 radical (unpaired) electrons. The highest BCUT2D eigenvalue weighted by Gasteiger charge is 2.49. The Kier molecular flexibility index (Phi) is 10.4. The van der Waals surface area contributed by atoms with Crippen LogP contribution in [-0.4, -0.2) is 92.3 Å². The van der Waals surface area contributed by atoms with E-state index in [9.17, 15) is 19.2 Å². The van der Waals surface area contributed by atoms with E-state index in [1.165, 1.54) is 4.90 Å².